The van der Waals surface area contributed by atoms with Crippen molar-refractivity contribution in [1.82, 2.24) is 10.2 Å². The van der Waals surface area contributed by atoms with E-state index in [9.17, 15) is 4.79 Å². The van der Waals surface area contributed by atoms with E-state index in [0.29, 0.717) is 11.8 Å². The van der Waals surface area contributed by atoms with Gasteiger partial charge in [0.25, 0.3) is 0 Å². The number of piperidine rings is 1. The molecule has 5 heteroatoms. The summed E-state index contributed by atoms with van der Waals surface area (Å²) in [6.07, 6.45) is 3.21. The van der Waals surface area contributed by atoms with E-state index in [-0.39, 0.29) is 17.8 Å². The number of likely N-dealkylation sites (tertiary alicyclic amines) is 1. The standard InChI is InChI=1S/C13H24N2O2.ClH/c1-13(5-3-6-14-10-13)12(16)15-7-4-11(8-15)9-17-2;/h11,14H,3-10H2,1-2H3;1H. The smallest absolute Gasteiger partial charge is 0.229 e. The highest BCUT2D eigenvalue weighted by atomic mass is 35.5. The van der Waals surface area contributed by atoms with Gasteiger partial charge in [-0.2, -0.15) is 0 Å². The molecule has 0 radical (unpaired) electrons. The topological polar surface area (TPSA) is 41.6 Å². The van der Waals surface area contributed by atoms with Crippen molar-refractivity contribution in [2.45, 2.75) is 26.2 Å². The Morgan fingerprint density at radius 1 is 1.56 bits per heavy atom. The Labute approximate surface area is 116 Å². The van der Waals surface area contributed by atoms with Crippen molar-refractivity contribution in [3.05, 3.63) is 0 Å². The number of amides is 1. The van der Waals surface area contributed by atoms with Gasteiger partial charge in [-0.3, -0.25) is 4.79 Å². The van der Waals surface area contributed by atoms with Crippen LogP contribution < -0.4 is 5.32 Å². The molecule has 18 heavy (non-hydrogen) atoms. The van der Waals surface area contributed by atoms with Gasteiger partial charge in [0.2, 0.25) is 5.91 Å². The number of rotatable bonds is 3. The van der Waals surface area contributed by atoms with Crippen LogP contribution in [-0.4, -0.2) is 50.7 Å². The maximum absolute atomic E-state index is 12.5. The maximum atomic E-state index is 12.5. The van der Waals surface area contributed by atoms with Crippen LogP contribution in [0.2, 0.25) is 0 Å². The molecule has 1 amide bonds. The van der Waals surface area contributed by atoms with E-state index in [4.69, 9.17) is 4.74 Å². The van der Waals surface area contributed by atoms with Crippen LogP contribution in [0.3, 0.4) is 0 Å². The second-order valence-corrected chi connectivity index (χ2v) is 5.70. The highest BCUT2D eigenvalue weighted by molar-refractivity contribution is 5.85. The Morgan fingerprint density at radius 3 is 2.94 bits per heavy atom. The summed E-state index contributed by atoms with van der Waals surface area (Å²) in [6.45, 7) is 6.54. The Kier molecular flexibility index (Phi) is 5.89. The predicted molar refractivity (Wildman–Crippen MR) is 74.0 cm³/mol. The number of hydrogen-bond acceptors (Lipinski definition) is 3. The van der Waals surface area contributed by atoms with Crippen LogP contribution in [0.25, 0.3) is 0 Å². The molecular weight excluding hydrogens is 252 g/mol. The first-order valence-corrected chi connectivity index (χ1v) is 6.65. The van der Waals surface area contributed by atoms with Crippen molar-refractivity contribution in [2.24, 2.45) is 11.3 Å². The lowest BCUT2D eigenvalue weighted by Crippen LogP contribution is -2.49. The highest BCUT2D eigenvalue weighted by Gasteiger charge is 2.39. The van der Waals surface area contributed by atoms with E-state index < -0.39 is 0 Å². The molecule has 106 valence electrons. The summed E-state index contributed by atoms with van der Waals surface area (Å²) in [5.41, 5.74) is -0.180. The minimum Gasteiger partial charge on any atom is -0.384 e. The average molecular weight is 277 g/mol. The fourth-order valence-electron chi connectivity index (χ4n) is 3.01. The zero-order chi connectivity index (χ0) is 12.3. The van der Waals surface area contributed by atoms with Gasteiger partial charge >= 0.3 is 0 Å². The number of halogens is 1. The molecule has 2 unspecified atom stereocenters. The lowest BCUT2D eigenvalue weighted by Gasteiger charge is -2.36. The molecule has 0 aromatic rings. The molecule has 0 saturated carbocycles. The van der Waals surface area contributed by atoms with Crippen molar-refractivity contribution in [2.75, 3.05) is 39.9 Å². The van der Waals surface area contributed by atoms with Crippen LogP contribution in [0.1, 0.15) is 26.2 Å². The molecule has 0 spiro atoms. The summed E-state index contributed by atoms with van der Waals surface area (Å²) in [6, 6.07) is 0. The Balaban J connectivity index is 0.00000162. The zero-order valence-electron chi connectivity index (χ0n) is 11.4. The zero-order valence-corrected chi connectivity index (χ0v) is 12.2. The maximum Gasteiger partial charge on any atom is 0.229 e. The third kappa shape index (κ3) is 3.37. The quantitative estimate of drug-likeness (QED) is 0.845. The first-order valence-electron chi connectivity index (χ1n) is 6.65. The van der Waals surface area contributed by atoms with Gasteiger partial charge < -0.3 is 15.0 Å². The van der Waals surface area contributed by atoms with Crippen molar-refractivity contribution >= 4 is 18.3 Å². The van der Waals surface area contributed by atoms with Gasteiger partial charge in [0.15, 0.2) is 0 Å². The first-order chi connectivity index (χ1) is 8.15. The third-order valence-electron chi connectivity index (χ3n) is 4.09. The van der Waals surface area contributed by atoms with E-state index in [1.165, 1.54) is 0 Å². The van der Waals surface area contributed by atoms with Crippen LogP contribution in [0.5, 0.6) is 0 Å². The summed E-state index contributed by atoms with van der Waals surface area (Å²) in [4.78, 5) is 14.6. The molecule has 1 N–H and O–H groups in total. The van der Waals surface area contributed by atoms with Crippen molar-refractivity contribution in [3.63, 3.8) is 0 Å². The average Bonchev–Trinajstić information content (AvgIpc) is 2.78. The number of nitrogens with zero attached hydrogens (tertiary/aromatic N) is 1. The number of hydrogen-bond donors (Lipinski definition) is 1. The fourth-order valence-corrected chi connectivity index (χ4v) is 3.01. The fraction of sp³-hybridized carbons (Fsp3) is 0.923. The molecule has 2 heterocycles. The van der Waals surface area contributed by atoms with Crippen molar-refractivity contribution < 1.29 is 9.53 Å². The van der Waals surface area contributed by atoms with E-state index >= 15 is 0 Å². The highest BCUT2D eigenvalue weighted by Crippen LogP contribution is 2.30. The lowest BCUT2D eigenvalue weighted by atomic mass is 9.81. The molecule has 2 saturated heterocycles. The van der Waals surface area contributed by atoms with Gasteiger partial charge in [-0.05, 0) is 32.7 Å². The number of ether oxygens (including phenoxy) is 1. The van der Waals surface area contributed by atoms with Gasteiger partial charge in [-0.15, -0.1) is 12.4 Å². The summed E-state index contributed by atoms with van der Waals surface area (Å²) >= 11 is 0. The van der Waals surface area contributed by atoms with Gasteiger partial charge in [0.1, 0.15) is 0 Å². The minimum atomic E-state index is -0.180. The van der Waals surface area contributed by atoms with Crippen LogP contribution in [0.15, 0.2) is 0 Å². The lowest BCUT2D eigenvalue weighted by molar-refractivity contribution is -0.141. The van der Waals surface area contributed by atoms with Crippen molar-refractivity contribution in [1.29, 1.82) is 0 Å². The molecule has 2 fully saturated rings. The molecular formula is C13H25ClN2O2. The Hall–Kier alpha value is -0.320. The Bertz CT molecular complexity index is 280. The summed E-state index contributed by atoms with van der Waals surface area (Å²) in [7, 11) is 1.73. The number of nitrogens with one attached hydrogen (secondary N) is 1. The van der Waals surface area contributed by atoms with Crippen molar-refractivity contribution in [3.8, 4) is 0 Å². The summed E-state index contributed by atoms with van der Waals surface area (Å²) in [5, 5.41) is 3.34. The molecule has 2 aliphatic heterocycles. The van der Waals surface area contributed by atoms with Gasteiger partial charge in [0, 0.05) is 32.7 Å². The Morgan fingerprint density at radius 2 is 2.33 bits per heavy atom. The molecule has 0 bridgehead atoms. The van der Waals surface area contributed by atoms with Crippen LogP contribution in [0.4, 0.5) is 0 Å². The SMILES string of the molecule is COCC1CCN(C(=O)C2(C)CCCNC2)C1.Cl. The number of carbonyl (C=O) groups excluding carboxylic acids is 1. The van der Waals surface area contributed by atoms with Gasteiger partial charge in [-0.1, -0.05) is 0 Å². The minimum absolute atomic E-state index is 0. The first kappa shape index (κ1) is 15.7. The normalized spacial score (nSPS) is 32.1. The van der Waals surface area contributed by atoms with Crippen LogP contribution in [0, 0.1) is 11.3 Å². The molecule has 2 aliphatic rings. The summed E-state index contributed by atoms with van der Waals surface area (Å²) in [5.74, 6) is 0.868. The second kappa shape index (κ2) is 6.73. The van der Waals surface area contributed by atoms with E-state index in [1.54, 1.807) is 7.11 Å². The van der Waals surface area contributed by atoms with E-state index in [0.717, 1.165) is 52.0 Å². The third-order valence-corrected chi connectivity index (χ3v) is 4.09. The van der Waals surface area contributed by atoms with Crippen LogP contribution >= 0.6 is 12.4 Å². The van der Waals surface area contributed by atoms with Gasteiger partial charge in [0.05, 0.1) is 12.0 Å². The molecule has 2 atom stereocenters. The molecule has 0 aromatic carbocycles. The van der Waals surface area contributed by atoms with Gasteiger partial charge in [-0.25, -0.2) is 0 Å². The molecule has 0 aromatic heterocycles. The second-order valence-electron chi connectivity index (χ2n) is 5.70. The molecule has 2 rings (SSSR count). The van der Waals surface area contributed by atoms with E-state index in [2.05, 4.69) is 12.2 Å². The number of methoxy groups -OCH3 is 1. The largest absolute Gasteiger partial charge is 0.384 e. The molecule has 4 nitrogen and oxygen atoms in total. The molecule has 0 aliphatic carbocycles. The predicted octanol–water partition coefficient (Wildman–Crippen LogP) is 1.29. The monoisotopic (exact) mass is 276 g/mol. The summed E-state index contributed by atoms with van der Waals surface area (Å²) < 4.78 is 5.17. The van der Waals surface area contributed by atoms with Crippen LogP contribution in [-0.2, 0) is 9.53 Å². The number of carbonyl (C=O) groups is 1. The van der Waals surface area contributed by atoms with E-state index in [1.807, 2.05) is 4.90 Å².